The van der Waals surface area contributed by atoms with E-state index >= 15 is 0 Å². The molecule has 21 heavy (non-hydrogen) atoms. The SMILES string of the molecule is CCCNC(Cc1ccc(C)c(C)c1)Cc1cn(C)nn1. The lowest BCUT2D eigenvalue weighted by Gasteiger charge is -2.18. The molecule has 0 spiro atoms. The van der Waals surface area contributed by atoms with Gasteiger partial charge < -0.3 is 5.32 Å². The summed E-state index contributed by atoms with van der Waals surface area (Å²) in [5, 5.41) is 11.9. The number of hydrogen-bond acceptors (Lipinski definition) is 3. The fourth-order valence-electron chi connectivity index (χ4n) is 2.52. The molecule has 1 aromatic heterocycles. The van der Waals surface area contributed by atoms with Crippen molar-refractivity contribution >= 4 is 0 Å². The van der Waals surface area contributed by atoms with Crippen LogP contribution in [0.3, 0.4) is 0 Å². The molecular weight excluding hydrogens is 260 g/mol. The molecule has 1 atom stereocenters. The third-order valence-corrected chi connectivity index (χ3v) is 3.84. The van der Waals surface area contributed by atoms with Gasteiger partial charge in [-0.2, -0.15) is 0 Å². The van der Waals surface area contributed by atoms with E-state index in [9.17, 15) is 0 Å². The summed E-state index contributed by atoms with van der Waals surface area (Å²) < 4.78 is 1.77. The third kappa shape index (κ3) is 4.67. The molecule has 0 amide bonds. The van der Waals surface area contributed by atoms with Gasteiger partial charge in [0.2, 0.25) is 0 Å². The van der Waals surface area contributed by atoms with Gasteiger partial charge in [-0.25, -0.2) is 0 Å². The lowest BCUT2D eigenvalue weighted by Crippen LogP contribution is -2.34. The maximum absolute atomic E-state index is 4.21. The number of rotatable bonds is 7. The molecule has 1 unspecified atom stereocenters. The van der Waals surface area contributed by atoms with Crippen LogP contribution < -0.4 is 5.32 Å². The highest BCUT2D eigenvalue weighted by atomic mass is 15.4. The standard InChI is InChI=1S/C17H26N4/c1-5-8-18-16(11-17-12-21(4)20-19-17)10-15-7-6-13(2)14(3)9-15/h6-7,9,12,16,18H,5,8,10-11H2,1-4H3. The summed E-state index contributed by atoms with van der Waals surface area (Å²) in [6.45, 7) is 7.57. The topological polar surface area (TPSA) is 42.7 Å². The second-order valence-electron chi connectivity index (χ2n) is 5.86. The first-order valence-corrected chi connectivity index (χ1v) is 7.73. The van der Waals surface area contributed by atoms with Crippen molar-refractivity contribution in [3.63, 3.8) is 0 Å². The van der Waals surface area contributed by atoms with Crippen LogP contribution in [0, 0.1) is 13.8 Å². The Hall–Kier alpha value is -1.68. The van der Waals surface area contributed by atoms with Crippen LogP contribution in [0.15, 0.2) is 24.4 Å². The van der Waals surface area contributed by atoms with E-state index in [1.54, 1.807) is 4.68 Å². The Bertz CT molecular complexity index is 574. The molecule has 0 aliphatic carbocycles. The summed E-state index contributed by atoms with van der Waals surface area (Å²) >= 11 is 0. The Labute approximate surface area is 127 Å². The van der Waals surface area contributed by atoms with Gasteiger partial charge in [0.1, 0.15) is 0 Å². The summed E-state index contributed by atoms with van der Waals surface area (Å²) in [6.07, 6.45) is 5.09. The van der Waals surface area contributed by atoms with Crippen LogP contribution in [0.2, 0.25) is 0 Å². The van der Waals surface area contributed by atoms with Crippen molar-refractivity contribution < 1.29 is 0 Å². The van der Waals surface area contributed by atoms with Crippen molar-refractivity contribution in [2.45, 2.75) is 46.1 Å². The average Bonchev–Trinajstić information content (AvgIpc) is 2.85. The first kappa shape index (κ1) is 15.7. The van der Waals surface area contributed by atoms with Crippen LogP contribution in [0.25, 0.3) is 0 Å². The Morgan fingerprint density at radius 2 is 2.00 bits per heavy atom. The monoisotopic (exact) mass is 286 g/mol. The van der Waals surface area contributed by atoms with E-state index in [-0.39, 0.29) is 0 Å². The minimum absolute atomic E-state index is 0.406. The number of aryl methyl sites for hydroxylation is 3. The molecule has 0 fully saturated rings. The summed E-state index contributed by atoms with van der Waals surface area (Å²) in [5.41, 5.74) is 5.15. The number of benzene rings is 1. The lowest BCUT2D eigenvalue weighted by molar-refractivity contribution is 0.500. The van der Waals surface area contributed by atoms with Crippen molar-refractivity contribution in [1.29, 1.82) is 0 Å². The molecule has 4 heteroatoms. The summed E-state index contributed by atoms with van der Waals surface area (Å²) in [7, 11) is 1.91. The molecule has 0 bridgehead atoms. The van der Waals surface area contributed by atoms with Gasteiger partial charge in [0.05, 0.1) is 5.69 Å². The van der Waals surface area contributed by atoms with Gasteiger partial charge in [-0.3, -0.25) is 4.68 Å². The van der Waals surface area contributed by atoms with E-state index in [1.807, 2.05) is 13.2 Å². The van der Waals surface area contributed by atoms with E-state index in [4.69, 9.17) is 0 Å². The van der Waals surface area contributed by atoms with Gasteiger partial charge in [-0.05, 0) is 49.9 Å². The molecular formula is C17H26N4. The summed E-state index contributed by atoms with van der Waals surface area (Å²) in [5.74, 6) is 0. The lowest BCUT2D eigenvalue weighted by atomic mass is 9.98. The molecule has 0 radical (unpaired) electrons. The average molecular weight is 286 g/mol. The molecule has 114 valence electrons. The maximum atomic E-state index is 4.21. The molecule has 0 saturated carbocycles. The van der Waals surface area contributed by atoms with Crippen LogP contribution >= 0.6 is 0 Å². The van der Waals surface area contributed by atoms with Crippen LogP contribution in [-0.2, 0) is 19.9 Å². The normalized spacial score (nSPS) is 12.6. The molecule has 1 N–H and O–H groups in total. The highest BCUT2D eigenvalue weighted by Crippen LogP contribution is 2.13. The van der Waals surface area contributed by atoms with Crippen LogP contribution in [0.4, 0.5) is 0 Å². The van der Waals surface area contributed by atoms with Gasteiger partial charge in [0.15, 0.2) is 0 Å². The highest BCUT2D eigenvalue weighted by Gasteiger charge is 2.12. The van der Waals surface area contributed by atoms with Gasteiger partial charge in [-0.1, -0.05) is 30.3 Å². The quantitative estimate of drug-likeness (QED) is 0.850. The van der Waals surface area contributed by atoms with E-state index in [0.29, 0.717) is 6.04 Å². The number of nitrogens with zero attached hydrogens (tertiary/aromatic N) is 3. The first-order chi connectivity index (χ1) is 10.1. The highest BCUT2D eigenvalue weighted by molar-refractivity contribution is 5.30. The Morgan fingerprint density at radius 1 is 1.19 bits per heavy atom. The van der Waals surface area contributed by atoms with Crippen molar-refractivity contribution in [2.75, 3.05) is 6.54 Å². The molecule has 0 saturated heterocycles. The van der Waals surface area contributed by atoms with Crippen molar-refractivity contribution in [1.82, 2.24) is 20.3 Å². The molecule has 0 aliphatic heterocycles. The van der Waals surface area contributed by atoms with Gasteiger partial charge in [-0.15, -0.1) is 5.10 Å². The zero-order valence-electron chi connectivity index (χ0n) is 13.6. The summed E-state index contributed by atoms with van der Waals surface area (Å²) in [6, 6.07) is 7.15. The largest absolute Gasteiger partial charge is 0.313 e. The van der Waals surface area contributed by atoms with Crippen LogP contribution in [0.5, 0.6) is 0 Å². The Morgan fingerprint density at radius 3 is 2.62 bits per heavy atom. The van der Waals surface area contributed by atoms with E-state index in [2.05, 4.69) is 54.6 Å². The number of nitrogens with one attached hydrogen (secondary N) is 1. The Balaban J connectivity index is 2.06. The first-order valence-electron chi connectivity index (χ1n) is 7.73. The van der Waals surface area contributed by atoms with Crippen molar-refractivity contribution in [3.8, 4) is 0 Å². The van der Waals surface area contributed by atoms with E-state index in [0.717, 1.165) is 31.5 Å². The van der Waals surface area contributed by atoms with Crippen molar-refractivity contribution in [2.24, 2.45) is 7.05 Å². The second kappa shape index (κ2) is 7.36. The predicted molar refractivity (Wildman–Crippen MR) is 86.4 cm³/mol. The molecule has 1 aromatic carbocycles. The molecule has 2 rings (SSSR count). The van der Waals surface area contributed by atoms with Gasteiger partial charge in [0, 0.05) is 25.7 Å². The zero-order valence-corrected chi connectivity index (χ0v) is 13.6. The fraction of sp³-hybridized carbons (Fsp3) is 0.529. The smallest absolute Gasteiger partial charge is 0.0842 e. The summed E-state index contributed by atoms with van der Waals surface area (Å²) in [4.78, 5) is 0. The predicted octanol–water partition coefficient (Wildman–Crippen LogP) is 2.59. The molecule has 0 aliphatic rings. The fourth-order valence-corrected chi connectivity index (χ4v) is 2.52. The Kier molecular flexibility index (Phi) is 5.51. The van der Waals surface area contributed by atoms with Gasteiger partial charge in [0.25, 0.3) is 0 Å². The van der Waals surface area contributed by atoms with Crippen LogP contribution in [0.1, 0.15) is 35.7 Å². The number of hydrogen-bond donors (Lipinski definition) is 1. The molecule has 4 nitrogen and oxygen atoms in total. The third-order valence-electron chi connectivity index (χ3n) is 3.84. The molecule has 1 heterocycles. The molecule has 2 aromatic rings. The van der Waals surface area contributed by atoms with E-state index < -0.39 is 0 Å². The van der Waals surface area contributed by atoms with Crippen molar-refractivity contribution in [3.05, 3.63) is 46.8 Å². The zero-order chi connectivity index (χ0) is 15.2. The maximum Gasteiger partial charge on any atom is 0.0842 e. The van der Waals surface area contributed by atoms with E-state index in [1.165, 1.54) is 16.7 Å². The second-order valence-corrected chi connectivity index (χ2v) is 5.86. The van der Waals surface area contributed by atoms with Gasteiger partial charge >= 0.3 is 0 Å². The number of aromatic nitrogens is 3. The minimum Gasteiger partial charge on any atom is -0.313 e. The van der Waals surface area contributed by atoms with Crippen LogP contribution in [-0.4, -0.2) is 27.6 Å². The minimum atomic E-state index is 0.406.